The van der Waals surface area contributed by atoms with Crippen molar-refractivity contribution in [1.29, 1.82) is 0 Å². The molecule has 0 atom stereocenters. The Balaban J connectivity index is 2.56. The highest BCUT2D eigenvalue weighted by Crippen LogP contribution is 2.26. The normalized spacial score (nSPS) is 10.2. The van der Waals surface area contributed by atoms with Crippen molar-refractivity contribution in [3.05, 3.63) is 46.3 Å². The van der Waals surface area contributed by atoms with Crippen LogP contribution in [-0.4, -0.2) is 21.4 Å². The van der Waals surface area contributed by atoms with E-state index in [1.807, 2.05) is 13.8 Å². The van der Waals surface area contributed by atoms with Gasteiger partial charge in [-0.25, -0.2) is 4.98 Å². The van der Waals surface area contributed by atoms with Crippen LogP contribution in [0.15, 0.2) is 30.6 Å². The van der Waals surface area contributed by atoms with Crippen LogP contribution in [0.1, 0.15) is 12.5 Å². The van der Waals surface area contributed by atoms with Gasteiger partial charge in [-0.05, 0) is 25.5 Å². The Morgan fingerprint density at radius 3 is 2.84 bits per heavy atom. The van der Waals surface area contributed by atoms with Crippen LogP contribution in [0.2, 0.25) is 0 Å². The monoisotopic (exact) mass is 258 g/mol. The Morgan fingerprint density at radius 1 is 1.42 bits per heavy atom. The molecule has 2 rings (SSSR count). The average molecular weight is 258 g/mol. The number of rotatable bonds is 4. The summed E-state index contributed by atoms with van der Waals surface area (Å²) in [7, 11) is 0. The van der Waals surface area contributed by atoms with Crippen LogP contribution < -0.4 is 5.32 Å². The number of nitro groups is 1. The lowest BCUT2D eigenvalue weighted by Crippen LogP contribution is -2.02. The maximum absolute atomic E-state index is 11.0. The molecule has 98 valence electrons. The molecule has 0 bridgehead atoms. The number of pyridine rings is 2. The smallest absolute Gasteiger partial charge is 0.275 e. The van der Waals surface area contributed by atoms with Gasteiger partial charge >= 0.3 is 0 Å². The molecule has 0 radical (unpaired) electrons. The highest BCUT2D eigenvalue weighted by Gasteiger charge is 2.13. The molecular weight excluding hydrogens is 244 g/mol. The highest BCUT2D eigenvalue weighted by molar-refractivity contribution is 5.67. The highest BCUT2D eigenvalue weighted by atomic mass is 16.6. The first-order valence-corrected chi connectivity index (χ1v) is 5.93. The molecular formula is C13H14N4O2. The fourth-order valence-corrected chi connectivity index (χ4v) is 1.79. The maximum atomic E-state index is 11.0. The Hall–Kier alpha value is -2.50. The van der Waals surface area contributed by atoms with Crippen LogP contribution in [0.3, 0.4) is 0 Å². The van der Waals surface area contributed by atoms with Crippen LogP contribution in [0, 0.1) is 17.0 Å². The fraction of sp³-hybridized carbons (Fsp3) is 0.231. The molecule has 6 nitrogen and oxygen atoms in total. The lowest BCUT2D eigenvalue weighted by molar-refractivity contribution is -0.384. The molecule has 2 heterocycles. The first-order chi connectivity index (χ1) is 9.11. The number of nitrogens with one attached hydrogen (secondary N) is 1. The second kappa shape index (κ2) is 5.43. The lowest BCUT2D eigenvalue weighted by Gasteiger charge is -2.08. The average Bonchev–Trinajstić information content (AvgIpc) is 2.39. The van der Waals surface area contributed by atoms with Crippen molar-refractivity contribution >= 4 is 11.5 Å². The van der Waals surface area contributed by atoms with Gasteiger partial charge in [-0.2, -0.15) is 0 Å². The van der Waals surface area contributed by atoms with Gasteiger partial charge in [0.15, 0.2) is 0 Å². The summed E-state index contributed by atoms with van der Waals surface area (Å²) in [6, 6.07) is 4.71. The number of hydrogen-bond acceptors (Lipinski definition) is 5. The van der Waals surface area contributed by atoms with E-state index in [1.165, 1.54) is 12.1 Å². The summed E-state index contributed by atoms with van der Waals surface area (Å²) in [5, 5.41) is 14.0. The molecule has 19 heavy (non-hydrogen) atoms. The number of aryl methyl sites for hydroxylation is 1. The van der Waals surface area contributed by atoms with E-state index in [4.69, 9.17) is 0 Å². The molecule has 0 aliphatic rings. The Kier molecular flexibility index (Phi) is 3.70. The molecule has 1 N–H and O–H groups in total. The first kappa shape index (κ1) is 12.9. The second-order valence-corrected chi connectivity index (χ2v) is 4.07. The summed E-state index contributed by atoms with van der Waals surface area (Å²) in [5.41, 5.74) is 2.37. The predicted molar refractivity (Wildman–Crippen MR) is 73.0 cm³/mol. The second-order valence-electron chi connectivity index (χ2n) is 4.07. The van der Waals surface area contributed by atoms with E-state index in [-0.39, 0.29) is 5.69 Å². The third-order valence-electron chi connectivity index (χ3n) is 2.68. The van der Waals surface area contributed by atoms with Gasteiger partial charge in [-0.15, -0.1) is 0 Å². The molecule has 2 aromatic heterocycles. The summed E-state index contributed by atoms with van der Waals surface area (Å²) in [4.78, 5) is 19.0. The minimum absolute atomic E-state index is 0.0252. The van der Waals surface area contributed by atoms with Crippen LogP contribution in [-0.2, 0) is 0 Å². The SMILES string of the molecule is CCNc1cc([N+](=O)[O-])cc(-c2ccncc2C)n1. The van der Waals surface area contributed by atoms with Crippen LogP contribution in [0.5, 0.6) is 0 Å². The van der Waals surface area contributed by atoms with Gasteiger partial charge in [0.25, 0.3) is 5.69 Å². The van der Waals surface area contributed by atoms with Crippen molar-refractivity contribution in [3.8, 4) is 11.3 Å². The topological polar surface area (TPSA) is 81.0 Å². The predicted octanol–water partition coefficient (Wildman–Crippen LogP) is 2.79. The molecule has 0 spiro atoms. The van der Waals surface area contributed by atoms with Crippen molar-refractivity contribution in [2.45, 2.75) is 13.8 Å². The zero-order valence-electron chi connectivity index (χ0n) is 10.8. The van der Waals surface area contributed by atoms with Crippen LogP contribution in [0.4, 0.5) is 11.5 Å². The Bertz CT molecular complexity index is 613. The van der Waals surface area contributed by atoms with Gasteiger partial charge in [-0.1, -0.05) is 0 Å². The molecule has 0 aliphatic heterocycles. The summed E-state index contributed by atoms with van der Waals surface area (Å²) in [5.74, 6) is 0.503. The van der Waals surface area contributed by atoms with Gasteiger partial charge < -0.3 is 5.32 Å². The van der Waals surface area contributed by atoms with Crippen LogP contribution >= 0.6 is 0 Å². The standard InChI is InChI=1S/C13H14N4O2/c1-3-15-13-7-10(17(18)19)6-12(16-13)11-4-5-14-8-9(11)2/h4-8H,3H2,1-2H3,(H,15,16). The summed E-state index contributed by atoms with van der Waals surface area (Å²) in [6.07, 6.45) is 3.36. The van der Waals surface area contributed by atoms with Gasteiger partial charge in [0.05, 0.1) is 16.7 Å². The Morgan fingerprint density at radius 2 is 2.21 bits per heavy atom. The van der Waals surface area contributed by atoms with Crippen molar-refractivity contribution in [2.75, 3.05) is 11.9 Å². The molecule has 6 heteroatoms. The zero-order valence-corrected chi connectivity index (χ0v) is 10.8. The molecule has 0 aromatic carbocycles. The number of anilines is 1. The van der Waals surface area contributed by atoms with Crippen molar-refractivity contribution in [2.24, 2.45) is 0 Å². The number of aromatic nitrogens is 2. The zero-order chi connectivity index (χ0) is 13.8. The van der Waals surface area contributed by atoms with E-state index < -0.39 is 4.92 Å². The van der Waals surface area contributed by atoms with Crippen molar-refractivity contribution in [3.63, 3.8) is 0 Å². The quantitative estimate of drug-likeness (QED) is 0.673. The number of nitrogens with zero attached hydrogens (tertiary/aromatic N) is 3. The third-order valence-corrected chi connectivity index (χ3v) is 2.68. The first-order valence-electron chi connectivity index (χ1n) is 5.93. The molecule has 0 saturated heterocycles. The largest absolute Gasteiger partial charge is 0.370 e. The minimum Gasteiger partial charge on any atom is -0.370 e. The minimum atomic E-state index is -0.414. The molecule has 0 saturated carbocycles. The van der Waals surface area contributed by atoms with E-state index in [9.17, 15) is 10.1 Å². The van der Waals surface area contributed by atoms with E-state index in [2.05, 4.69) is 15.3 Å². The van der Waals surface area contributed by atoms with Gasteiger partial charge in [0.2, 0.25) is 0 Å². The molecule has 0 amide bonds. The van der Waals surface area contributed by atoms with Crippen LogP contribution in [0.25, 0.3) is 11.3 Å². The lowest BCUT2D eigenvalue weighted by atomic mass is 10.1. The molecule has 0 unspecified atom stereocenters. The Labute approximate surface area is 110 Å². The van der Waals surface area contributed by atoms with E-state index in [1.54, 1.807) is 18.5 Å². The van der Waals surface area contributed by atoms with E-state index >= 15 is 0 Å². The third kappa shape index (κ3) is 2.85. The van der Waals surface area contributed by atoms with E-state index in [0.29, 0.717) is 18.1 Å². The van der Waals surface area contributed by atoms with E-state index in [0.717, 1.165) is 11.1 Å². The van der Waals surface area contributed by atoms with Gasteiger partial charge in [0, 0.05) is 30.6 Å². The molecule has 2 aromatic rings. The summed E-state index contributed by atoms with van der Waals surface area (Å²) >= 11 is 0. The number of hydrogen-bond donors (Lipinski definition) is 1. The summed E-state index contributed by atoms with van der Waals surface area (Å²) in [6.45, 7) is 4.47. The fourth-order valence-electron chi connectivity index (χ4n) is 1.79. The van der Waals surface area contributed by atoms with Crippen molar-refractivity contribution < 1.29 is 4.92 Å². The van der Waals surface area contributed by atoms with Gasteiger partial charge in [0.1, 0.15) is 5.82 Å². The van der Waals surface area contributed by atoms with Crippen molar-refractivity contribution in [1.82, 2.24) is 9.97 Å². The molecule has 0 aliphatic carbocycles. The maximum Gasteiger partial charge on any atom is 0.275 e. The van der Waals surface area contributed by atoms with Gasteiger partial charge in [-0.3, -0.25) is 15.1 Å². The molecule has 0 fully saturated rings. The summed E-state index contributed by atoms with van der Waals surface area (Å²) < 4.78 is 0.